The summed E-state index contributed by atoms with van der Waals surface area (Å²) in [4.78, 5) is 17.5. The third-order valence-corrected chi connectivity index (χ3v) is 6.13. The van der Waals surface area contributed by atoms with Crippen LogP contribution in [0.5, 0.6) is 0 Å². The van der Waals surface area contributed by atoms with E-state index in [1.807, 2.05) is 42.5 Å². The fourth-order valence-electron chi connectivity index (χ4n) is 3.83. The summed E-state index contributed by atoms with van der Waals surface area (Å²) in [7, 11) is 4.37. The molecule has 1 N–H and O–H groups in total. The van der Waals surface area contributed by atoms with Crippen molar-refractivity contribution in [1.82, 2.24) is 15.1 Å². The number of nitrogens with one attached hydrogen (secondary N) is 1. The van der Waals surface area contributed by atoms with Gasteiger partial charge in [-0.2, -0.15) is 0 Å². The lowest BCUT2D eigenvalue weighted by molar-refractivity contribution is -0.121. The molecule has 3 rings (SSSR count). The molecule has 1 saturated heterocycles. The maximum atomic E-state index is 12.7. The topological polar surface area (TPSA) is 35.6 Å². The summed E-state index contributed by atoms with van der Waals surface area (Å²) in [5.74, 6) is 0.0629. The molecule has 150 valence electrons. The van der Waals surface area contributed by atoms with Gasteiger partial charge in [0.25, 0.3) is 0 Å². The summed E-state index contributed by atoms with van der Waals surface area (Å²) in [6.07, 6.45) is 2.76. The van der Waals surface area contributed by atoms with Crippen molar-refractivity contribution in [2.45, 2.75) is 31.3 Å². The fraction of sp³-hybridized carbons (Fsp3) is 0.435. The molecule has 5 heteroatoms. The highest BCUT2D eigenvalue weighted by molar-refractivity contribution is 9.10. The van der Waals surface area contributed by atoms with Crippen molar-refractivity contribution in [3.8, 4) is 0 Å². The second-order valence-corrected chi connectivity index (χ2v) is 8.72. The van der Waals surface area contributed by atoms with E-state index in [4.69, 9.17) is 0 Å². The molecule has 1 fully saturated rings. The Balaban J connectivity index is 1.65. The number of piperidine rings is 1. The summed E-state index contributed by atoms with van der Waals surface area (Å²) in [5, 5.41) is 3.27. The number of hydrogen-bond donors (Lipinski definition) is 1. The van der Waals surface area contributed by atoms with Gasteiger partial charge in [0.2, 0.25) is 5.91 Å². The van der Waals surface area contributed by atoms with E-state index < -0.39 is 0 Å². The molecule has 0 radical (unpaired) electrons. The third kappa shape index (κ3) is 6.16. The number of halogens is 1. The quantitative estimate of drug-likeness (QED) is 0.704. The first kappa shape index (κ1) is 21.0. The minimum absolute atomic E-state index is 0.00574. The van der Waals surface area contributed by atoms with Crippen LogP contribution in [0, 0.1) is 0 Å². The number of hydrogen-bond acceptors (Lipinski definition) is 3. The fourth-order valence-corrected chi connectivity index (χ4v) is 4.09. The van der Waals surface area contributed by atoms with Gasteiger partial charge in [-0.25, -0.2) is 0 Å². The summed E-state index contributed by atoms with van der Waals surface area (Å²) in [6, 6.07) is 18.8. The molecule has 4 nitrogen and oxygen atoms in total. The number of amides is 1. The number of rotatable bonds is 7. The predicted molar refractivity (Wildman–Crippen MR) is 118 cm³/mol. The average Bonchev–Trinajstić information content (AvgIpc) is 2.70. The first-order valence-electron chi connectivity index (χ1n) is 9.99. The van der Waals surface area contributed by atoms with Gasteiger partial charge < -0.3 is 15.1 Å². The number of benzene rings is 2. The zero-order valence-electron chi connectivity index (χ0n) is 16.8. The van der Waals surface area contributed by atoms with Crippen molar-refractivity contribution in [2.75, 3.05) is 33.7 Å². The van der Waals surface area contributed by atoms with E-state index in [9.17, 15) is 4.79 Å². The highest BCUT2D eigenvalue weighted by Gasteiger charge is 2.24. The van der Waals surface area contributed by atoms with Crippen molar-refractivity contribution in [1.29, 1.82) is 0 Å². The van der Waals surface area contributed by atoms with Crippen LogP contribution in [0.15, 0.2) is 59.1 Å². The van der Waals surface area contributed by atoms with Crippen LogP contribution in [0.3, 0.4) is 0 Å². The first-order chi connectivity index (χ1) is 13.5. The van der Waals surface area contributed by atoms with Crippen LogP contribution in [-0.4, -0.2) is 55.5 Å². The SMILES string of the molecule is CN1CCC(N(C)C[C@H](NC(=O)Cc2ccc(Br)cc2)c2ccccc2)CC1. The molecule has 0 unspecified atom stereocenters. The number of carbonyl (C=O) groups excluding carboxylic acids is 1. The number of nitrogens with zero attached hydrogens (tertiary/aromatic N) is 2. The van der Waals surface area contributed by atoms with Gasteiger partial charge in [-0.05, 0) is 63.3 Å². The molecule has 1 amide bonds. The molecular weight excluding hydrogens is 414 g/mol. The van der Waals surface area contributed by atoms with Crippen LogP contribution in [-0.2, 0) is 11.2 Å². The molecule has 2 aromatic rings. The summed E-state index contributed by atoms with van der Waals surface area (Å²) in [6.45, 7) is 3.10. The van der Waals surface area contributed by atoms with Crippen molar-refractivity contribution >= 4 is 21.8 Å². The van der Waals surface area contributed by atoms with Crippen molar-refractivity contribution in [3.05, 3.63) is 70.2 Å². The largest absolute Gasteiger partial charge is 0.348 e. The number of carbonyl (C=O) groups is 1. The van der Waals surface area contributed by atoms with Gasteiger partial charge in [-0.3, -0.25) is 4.79 Å². The van der Waals surface area contributed by atoms with Crippen LogP contribution in [0.1, 0.15) is 30.0 Å². The lowest BCUT2D eigenvalue weighted by Gasteiger charge is -2.37. The Morgan fingerprint density at radius 1 is 1.14 bits per heavy atom. The van der Waals surface area contributed by atoms with E-state index in [0.29, 0.717) is 12.5 Å². The zero-order valence-corrected chi connectivity index (χ0v) is 18.4. The molecule has 1 heterocycles. The lowest BCUT2D eigenvalue weighted by Crippen LogP contribution is -2.45. The molecular formula is C23H30BrN3O. The molecule has 0 spiro atoms. The maximum absolute atomic E-state index is 12.7. The Kier molecular flexibility index (Phi) is 7.65. The Morgan fingerprint density at radius 2 is 1.79 bits per heavy atom. The molecule has 2 aromatic carbocycles. The summed E-state index contributed by atoms with van der Waals surface area (Å²) in [5.41, 5.74) is 2.18. The Hall–Kier alpha value is -1.69. The smallest absolute Gasteiger partial charge is 0.224 e. The average molecular weight is 444 g/mol. The van der Waals surface area contributed by atoms with Crippen LogP contribution in [0.25, 0.3) is 0 Å². The zero-order chi connectivity index (χ0) is 19.9. The van der Waals surface area contributed by atoms with Gasteiger partial charge in [0, 0.05) is 17.1 Å². The summed E-state index contributed by atoms with van der Waals surface area (Å²) >= 11 is 3.44. The second-order valence-electron chi connectivity index (χ2n) is 7.81. The van der Waals surface area contributed by atoms with Crippen LogP contribution >= 0.6 is 15.9 Å². The van der Waals surface area contributed by atoms with Crippen LogP contribution in [0.4, 0.5) is 0 Å². The molecule has 1 aliphatic heterocycles. The van der Waals surface area contributed by atoms with Crippen LogP contribution < -0.4 is 5.32 Å². The van der Waals surface area contributed by atoms with Crippen molar-refractivity contribution < 1.29 is 4.79 Å². The Bertz CT molecular complexity index is 742. The molecule has 0 aliphatic carbocycles. The first-order valence-corrected chi connectivity index (χ1v) is 10.8. The minimum atomic E-state index is -0.00574. The lowest BCUT2D eigenvalue weighted by atomic mass is 10.0. The molecule has 28 heavy (non-hydrogen) atoms. The van der Waals surface area contributed by atoms with Gasteiger partial charge in [-0.15, -0.1) is 0 Å². The van der Waals surface area contributed by atoms with Gasteiger partial charge in [0.15, 0.2) is 0 Å². The molecule has 0 bridgehead atoms. The normalized spacial score (nSPS) is 16.9. The number of likely N-dealkylation sites (tertiary alicyclic amines) is 1. The van der Waals surface area contributed by atoms with Gasteiger partial charge in [-0.1, -0.05) is 58.4 Å². The van der Waals surface area contributed by atoms with E-state index in [0.717, 1.165) is 35.2 Å². The van der Waals surface area contributed by atoms with Gasteiger partial charge in [0.05, 0.1) is 12.5 Å². The van der Waals surface area contributed by atoms with E-state index in [1.54, 1.807) is 0 Å². The van der Waals surface area contributed by atoms with Gasteiger partial charge in [0.1, 0.15) is 0 Å². The molecule has 0 saturated carbocycles. The highest BCUT2D eigenvalue weighted by Crippen LogP contribution is 2.20. The molecule has 1 atom stereocenters. The van der Waals surface area contributed by atoms with E-state index >= 15 is 0 Å². The van der Waals surface area contributed by atoms with E-state index in [1.165, 1.54) is 12.8 Å². The van der Waals surface area contributed by atoms with E-state index in [2.05, 4.69) is 57.3 Å². The maximum Gasteiger partial charge on any atom is 0.224 e. The Morgan fingerprint density at radius 3 is 2.43 bits per heavy atom. The Labute approximate surface area is 177 Å². The van der Waals surface area contributed by atoms with E-state index in [-0.39, 0.29) is 11.9 Å². The molecule has 0 aromatic heterocycles. The summed E-state index contributed by atoms with van der Waals surface area (Å²) < 4.78 is 1.03. The molecule has 1 aliphatic rings. The highest BCUT2D eigenvalue weighted by atomic mass is 79.9. The second kappa shape index (κ2) is 10.2. The standard InChI is InChI=1S/C23H30BrN3O/c1-26-14-12-21(13-15-26)27(2)17-22(19-6-4-3-5-7-19)25-23(28)16-18-8-10-20(24)11-9-18/h3-11,21-22H,12-17H2,1-2H3,(H,25,28)/t22-/m0/s1. The monoisotopic (exact) mass is 443 g/mol. The minimum Gasteiger partial charge on any atom is -0.348 e. The third-order valence-electron chi connectivity index (χ3n) is 5.60. The van der Waals surface area contributed by atoms with Crippen molar-refractivity contribution in [2.24, 2.45) is 0 Å². The predicted octanol–water partition coefficient (Wildman–Crippen LogP) is 3.88. The van der Waals surface area contributed by atoms with Crippen LogP contribution in [0.2, 0.25) is 0 Å². The van der Waals surface area contributed by atoms with Crippen molar-refractivity contribution in [3.63, 3.8) is 0 Å². The van der Waals surface area contributed by atoms with Gasteiger partial charge >= 0.3 is 0 Å². The number of likely N-dealkylation sites (N-methyl/N-ethyl adjacent to an activating group) is 1.